The van der Waals surface area contributed by atoms with E-state index in [2.05, 4.69) is 9.97 Å². The highest BCUT2D eigenvalue weighted by atomic mass is 16.5. The molecule has 0 unspecified atom stereocenters. The molecule has 0 amide bonds. The van der Waals surface area contributed by atoms with Gasteiger partial charge >= 0.3 is 5.69 Å². The molecule has 0 radical (unpaired) electrons. The van der Waals surface area contributed by atoms with Crippen LogP contribution >= 0.6 is 0 Å². The van der Waals surface area contributed by atoms with Crippen molar-refractivity contribution >= 4 is 17.1 Å². The van der Waals surface area contributed by atoms with Crippen molar-refractivity contribution in [2.24, 2.45) is 7.05 Å². The SMILES string of the molecule is CCN(CC)c1nc2c(c(=O)[nH]c(=O)n2C)n1C[C@H](O)COc1ccc(OC)cc1. The number of nitrogens with zero attached hydrogens (tertiary/aromatic N) is 4. The second kappa shape index (κ2) is 9.04. The van der Waals surface area contributed by atoms with Crippen molar-refractivity contribution in [3.05, 3.63) is 45.1 Å². The second-order valence-corrected chi connectivity index (χ2v) is 6.83. The largest absolute Gasteiger partial charge is 0.497 e. The van der Waals surface area contributed by atoms with Crippen molar-refractivity contribution in [1.29, 1.82) is 0 Å². The Morgan fingerprint density at radius 3 is 2.40 bits per heavy atom. The van der Waals surface area contributed by atoms with Crippen LogP contribution in [0.4, 0.5) is 5.95 Å². The fraction of sp³-hybridized carbons (Fsp3) is 0.450. The molecule has 0 spiro atoms. The summed E-state index contributed by atoms with van der Waals surface area (Å²) in [6.07, 6.45) is -0.907. The number of hydrogen-bond acceptors (Lipinski definition) is 7. The predicted octanol–water partition coefficient (Wildman–Crippen LogP) is 0.718. The van der Waals surface area contributed by atoms with Gasteiger partial charge in [0.15, 0.2) is 11.2 Å². The number of aromatic nitrogens is 4. The molecular weight excluding hydrogens is 390 g/mol. The molecule has 10 nitrogen and oxygen atoms in total. The van der Waals surface area contributed by atoms with Gasteiger partial charge in [-0.3, -0.25) is 14.3 Å². The van der Waals surface area contributed by atoms with E-state index in [1.54, 1.807) is 43.0 Å². The maximum atomic E-state index is 12.5. The maximum absolute atomic E-state index is 12.5. The Kier molecular flexibility index (Phi) is 6.46. The van der Waals surface area contributed by atoms with Gasteiger partial charge in [-0.05, 0) is 38.1 Å². The van der Waals surface area contributed by atoms with E-state index in [-0.39, 0.29) is 24.3 Å². The molecule has 0 saturated heterocycles. The number of ether oxygens (including phenoxy) is 2. The molecule has 2 N–H and O–H groups in total. The van der Waals surface area contributed by atoms with E-state index in [0.717, 1.165) is 0 Å². The van der Waals surface area contributed by atoms with Gasteiger partial charge in [0.05, 0.1) is 13.7 Å². The van der Waals surface area contributed by atoms with E-state index >= 15 is 0 Å². The first-order chi connectivity index (χ1) is 14.4. The highest BCUT2D eigenvalue weighted by Gasteiger charge is 2.22. The van der Waals surface area contributed by atoms with Crippen molar-refractivity contribution in [3.8, 4) is 11.5 Å². The number of nitrogens with one attached hydrogen (secondary N) is 1. The van der Waals surface area contributed by atoms with Crippen molar-refractivity contribution in [3.63, 3.8) is 0 Å². The summed E-state index contributed by atoms with van der Waals surface area (Å²) < 4.78 is 13.7. The van der Waals surface area contributed by atoms with Gasteiger partial charge in [-0.25, -0.2) is 4.79 Å². The van der Waals surface area contributed by atoms with Gasteiger partial charge in [-0.15, -0.1) is 0 Å². The third-order valence-electron chi connectivity index (χ3n) is 4.93. The Morgan fingerprint density at radius 2 is 1.80 bits per heavy atom. The van der Waals surface area contributed by atoms with Gasteiger partial charge in [-0.2, -0.15) is 4.98 Å². The van der Waals surface area contributed by atoms with Gasteiger partial charge in [-0.1, -0.05) is 0 Å². The number of rotatable bonds is 9. The van der Waals surface area contributed by atoms with E-state index in [4.69, 9.17) is 9.47 Å². The first-order valence-corrected chi connectivity index (χ1v) is 9.78. The summed E-state index contributed by atoms with van der Waals surface area (Å²) in [6, 6.07) is 7.03. The van der Waals surface area contributed by atoms with Crippen LogP contribution in [0.25, 0.3) is 11.2 Å². The number of aryl methyl sites for hydroxylation is 1. The first kappa shape index (κ1) is 21.4. The normalized spacial score (nSPS) is 12.2. The van der Waals surface area contributed by atoms with Crippen LogP contribution < -0.4 is 25.6 Å². The molecule has 0 fully saturated rings. The summed E-state index contributed by atoms with van der Waals surface area (Å²) in [6.45, 7) is 5.36. The third kappa shape index (κ3) is 4.18. The smallest absolute Gasteiger partial charge is 0.329 e. The molecule has 3 rings (SSSR count). The van der Waals surface area contributed by atoms with Crippen LogP contribution in [-0.2, 0) is 13.6 Å². The monoisotopic (exact) mass is 417 g/mol. The lowest BCUT2D eigenvalue weighted by molar-refractivity contribution is 0.0936. The van der Waals surface area contributed by atoms with Crippen LogP contribution in [0.3, 0.4) is 0 Å². The molecule has 0 aliphatic rings. The highest BCUT2D eigenvalue weighted by Crippen LogP contribution is 2.21. The topological polar surface area (TPSA) is 115 Å². The lowest BCUT2D eigenvalue weighted by Gasteiger charge is -2.22. The summed E-state index contributed by atoms with van der Waals surface area (Å²) in [5, 5.41) is 10.6. The average Bonchev–Trinajstić information content (AvgIpc) is 3.11. The van der Waals surface area contributed by atoms with Gasteiger partial charge in [0.1, 0.15) is 24.2 Å². The Morgan fingerprint density at radius 1 is 1.17 bits per heavy atom. The molecule has 0 saturated carbocycles. The standard InChI is InChI=1S/C20H27N5O5/c1-5-24(6-2)19-21-17-16(18(27)22-20(28)23(17)3)25(19)11-13(26)12-30-15-9-7-14(29-4)8-10-15/h7-10,13,26H,5-6,11-12H2,1-4H3,(H,22,27,28)/t13-/m0/s1. The minimum Gasteiger partial charge on any atom is -0.497 e. The summed E-state index contributed by atoms with van der Waals surface area (Å²) >= 11 is 0. The van der Waals surface area contributed by atoms with Crippen molar-refractivity contribution in [2.45, 2.75) is 26.5 Å². The van der Waals surface area contributed by atoms with Gasteiger partial charge in [0.25, 0.3) is 5.56 Å². The number of H-pyrrole nitrogens is 1. The number of aliphatic hydroxyl groups excluding tert-OH is 1. The van der Waals surface area contributed by atoms with Crippen molar-refractivity contribution < 1.29 is 14.6 Å². The molecule has 3 aromatic rings. The zero-order valence-electron chi connectivity index (χ0n) is 17.6. The molecule has 162 valence electrons. The predicted molar refractivity (Wildman–Crippen MR) is 114 cm³/mol. The van der Waals surface area contributed by atoms with Crippen LogP contribution in [0, 0.1) is 0 Å². The first-order valence-electron chi connectivity index (χ1n) is 9.78. The molecule has 0 bridgehead atoms. The Hall–Kier alpha value is -3.27. The molecule has 0 aliphatic carbocycles. The zero-order valence-corrected chi connectivity index (χ0v) is 17.6. The maximum Gasteiger partial charge on any atom is 0.329 e. The number of aromatic amines is 1. The number of aliphatic hydroxyl groups is 1. The molecule has 1 aromatic carbocycles. The second-order valence-electron chi connectivity index (χ2n) is 6.83. The fourth-order valence-corrected chi connectivity index (χ4v) is 3.27. The van der Waals surface area contributed by atoms with Gasteiger partial charge in [0, 0.05) is 20.1 Å². The average molecular weight is 417 g/mol. The molecule has 30 heavy (non-hydrogen) atoms. The van der Waals surface area contributed by atoms with Crippen LogP contribution in [0.5, 0.6) is 11.5 Å². The Bertz CT molecular complexity index is 1110. The van der Waals surface area contributed by atoms with Crippen molar-refractivity contribution in [1.82, 2.24) is 19.1 Å². The molecule has 2 heterocycles. The van der Waals surface area contributed by atoms with Crippen LogP contribution in [0.2, 0.25) is 0 Å². The zero-order chi connectivity index (χ0) is 21.8. The van der Waals surface area contributed by atoms with E-state index < -0.39 is 17.4 Å². The number of methoxy groups -OCH3 is 1. The molecule has 2 aromatic heterocycles. The number of anilines is 1. The molecule has 10 heteroatoms. The van der Waals surface area contributed by atoms with E-state index in [1.807, 2.05) is 18.7 Å². The van der Waals surface area contributed by atoms with Crippen LogP contribution in [0.1, 0.15) is 13.8 Å². The molecule has 1 atom stereocenters. The van der Waals surface area contributed by atoms with Gasteiger partial charge in [0.2, 0.25) is 5.95 Å². The Balaban J connectivity index is 1.91. The van der Waals surface area contributed by atoms with Crippen LogP contribution in [-0.4, -0.2) is 57.1 Å². The van der Waals surface area contributed by atoms with E-state index in [1.165, 1.54) is 4.57 Å². The van der Waals surface area contributed by atoms with Gasteiger partial charge < -0.3 is 24.0 Å². The van der Waals surface area contributed by atoms with E-state index in [9.17, 15) is 14.7 Å². The van der Waals surface area contributed by atoms with Crippen molar-refractivity contribution in [2.75, 3.05) is 31.7 Å². The number of imidazole rings is 1. The summed E-state index contributed by atoms with van der Waals surface area (Å²) in [5.74, 6) is 1.82. The number of fused-ring (bicyclic) bond motifs is 1. The number of hydrogen-bond donors (Lipinski definition) is 2. The van der Waals surface area contributed by atoms with E-state index in [0.29, 0.717) is 30.5 Å². The highest BCUT2D eigenvalue weighted by molar-refractivity contribution is 5.74. The lowest BCUT2D eigenvalue weighted by atomic mass is 10.3. The number of benzene rings is 1. The Labute approximate surface area is 173 Å². The lowest BCUT2D eigenvalue weighted by Crippen LogP contribution is -2.32. The summed E-state index contributed by atoms with van der Waals surface area (Å²) in [5.41, 5.74) is -0.565. The summed E-state index contributed by atoms with van der Waals surface area (Å²) in [7, 11) is 3.13. The minimum atomic E-state index is -0.907. The minimum absolute atomic E-state index is 0.0212. The molecular formula is C20H27N5O5. The quantitative estimate of drug-likeness (QED) is 0.527. The summed E-state index contributed by atoms with van der Waals surface area (Å²) in [4.78, 5) is 33.3. The third-order valence-corrected chi connectivity index (χ3v) is 4.93. The fourth-order valence-electron chi connectivity index (χ4n) is 3.27. The molecule has 0 aliphatic heterocycles. The van der Waals surface area contributed by atoms with Crippen LogP contribution in [0.15, 0.2) is 33.9 Å².